The first kappa shape index (κ1) is 18.8. The first-order valence-corrected chi connectivity index (χ1v) is 8.47. The fraction of sp³-hybridized carbons (Fsp3) is 0. The van der Waals surface area contributed by atoms with E-state index in [2.05, 4.69) is 0 Å². The summed E-state index contributed by atoms with van der Waals surface area (Å²) in [5.74, 6) is -1.76. The summed E-state index contributed by atoms with van der Waals surface area (Å²) in [5.41, 5.74) is 3.20. The van der Waals surface area contributed by atoms with Gasteiger partial charge in [0.25, 0.3) is 0 Å². The molecule has 5 heteroatoms. The van der Waals surface area contributed by atoms with Crippen molar-refractivity contribution in [1.82, 2.24) is 0 Å². The van der Waals surface area contributed by atoms with Crippen LogP contribution >= 0.6 is 0 Å². The molecule has 4 N–H and O–H groups in total. The van der Waals surface area contributed by atoms with Gasteiger partial charge in [0.15, 0.2) is 11.5 Å². The molecule has 0 amide bonds. The highest BCUT2D eigenvalue weighted by Gasteiger charge is 2.08. The maximum atomic E-state index is 11.1. The van der Waals surface area contributed by atoms with Crippen molar-refractivity contribution in [1.29, 1.82) is 0 Å². The van der Waals surface area contributed by atoms with Gasteiger partial charge in [0.1, 0.15) is 11.3 Å². The van der Waals surface area contributed by atoms with Gasteiger partial charge in [-0.25, -0.2) is 4.79 Å². The third-order valence-electron chi connectivity index (χ3n) is 4.12. The molecule has 28 heavy (non-hydrogen) atoms. The molecule has 0 heterocycles. The van der Waals surface area contributed by atoms with Crippen LogP contribution in [0.2, 0.25) is 0 Å². The number of rotatable bonds is 5. The van der Waals surface area contributed by atoms with Crippen LogP contribution in [0.4, 0.5) is 0 Å². The van der Waals surface area contributed by atoms with Gasteiger partial charge < -0.3 is 20.4 Å². The molecule has 3 aromatic carbocycles. The predicted octanol–water partition coefficient (Wildman–Crippen LogP) is 4.84. The summed E-state index contributed by atoms with van der Waals surface area (Å²) < 4.78 is 0. The Morgan fingerprint density at radius 1 is 0.571 bits per heavy atom. The Kier molecular flexibility index (Phi) is 5.46. The molecule has 0 fully saturated rings. The van der Waals surface area contributed by atoms with E-state index in [4.69, 9.17) is 5.11 Å². The van der Waals surface area contributed by atoms with Gasteiger partial charge in [-0.2, -0.15) is 0 Å². The summed E-state index contributed by atoms with van der Waals surface area (Å²) in [5, 5.41) is 37.4. The van der Waals surface area contributed by atoms with Crippen LogP contribution in [0.15, 0.2) is 60.7 Å². The van der Waals surface area contributed by atoms with Crippen LogP contribution in [-0.2, 0) is 0 Å². The Bertz CT molecular complexity index is 1060. The van der Waals surface area contributed by atoms with Crippen LogP contribution in [0.3, 0.4) is 0 Å². The van der Waals surface area contributed by atoms with Gasteiger partial charge in [-0.1, -0.05) is 60.7 Å². The second-order valence-corrected chi connectivity index (χ2v) is 6.16. The van der Waals surface area contributed by atoms with Crippen molar-refractivity contribution < 1.29 is 25.2 Å². The lowest BCUT2D eigenvalue weighted by Gasteiger charge is -2.01. The predicted molar refractivity (Wildman–Crippen MR) is 109 cm³/mol. The Hall–Kier alpha value is -3.99. The number of aromatic hydroxyl groups is 3. The van der Waals surface area contributed by atoms with Crippen molar-refractivity contribution >= 4 is 30.3 Å². The monoisotopic (exact) mass is 374 g/mol. The van der Waals surface area contributed by atoms with Gasteiger partial charge in [-0.05, 0) is 46.5 Å². The lowest BCUT2D eigenvalue weighted by atomic mass is 10.1. The largest absolute Gasteiger partial charge is 0.507 e. The minimum Gasteiger partial charge on any atom is -0.507 e. The number of hydrogen-bond donors (Lipinski definition) is 4. The van der Waals surface area contributed by atoms with Gasteiger partial charge in [-0.3, -0.25) is 0 Å². The summed E-state index contributed by atoms with van der Waals surface area (Å²) >= 11 is 0. The van der Waals surface area contributed by atoms with Gasteiger partial charge in [0, 0.05) is 0 Å². The lowest BCUT2D eigenvalue weighted by molar-refractivity contribution is 0.0693. The van der Waals surface area contributed by atoms with Crippen LogP contribution in [0.1, 0.15) is 32.6 Å². The number of carboxylic acid groups (broad SMARTS) is 1. The summed E-state index contributed by atoms with van der Waals surface area (Å²) in [6.45, 7) is 0. The van der Waals surface area contributed by atoms with E-state index in [0.29, 0.717) is 5.56 Å². The summed E-state index contributed by atoms with van der Waals surface area (Å²) in [4.78, 5) is 11.1. The Labute approximate surface area is 161 Å². The van der Waals surface area contributed by atoms with Crippen molar-refractivity contribution in [3.63, 3.8) is 0 Å². The van der Waals surface area contributed by atoms with E-state index in [1.807, 2.05) is 42.5 Å². The normalized spacial score (nSPS) is 11.3. The molecule has 0 radical (unpaired) electrons. The minimum atomic E-state index is -1.18. The minimum absolute atomic E-state index is 0.136. The molecule has 3 aromatic rings. The molecule has 0 aliphatic heterocycles. The fourth-order valence-electron chi connectivity index (χ4n) is 2.58. The standard InChI is InChI=1S/C23H18O5/c24-20-11-9-17(13-19(20)23(27)28)7-5-15-1-3-16(4-2-15)6-8-18-10-12-21(25)22(26)14-18/h1-14,24-26H,(H,27,28)/b7-5+,8-6+. The molecule has 0 unspecified atom stereocenters. The SMILES string of the molecule is O=C(O)c1cc(/C=C/c2ccc(/C=C/c3ccc(O)c(O)c3)cc2)ccc1O. The number of hydrogen-bond acceptors (Lipinski definition) is 4. The van der Waals surface area contributed by atoms with E-state index in [1.165, 1.54) is 24.3 Å². The molecule has 0 aromatic heterocycles. The van der Waals surface area contributed by atoms with E-state index in [1.54, 1.807) is 18.2 Å². The van der Waals surface area contributed by atoms with Crippen LogP contribution in [0.5, 0.6) is 17.2 Å². The molecule has 0 spiro atoms. The molecule has 0 atom stereocenters. The van der Waals surface area contributed by atoms with Gasteiger partial charge in [0.05, 0.1) is 0 Å². The second-order valence-electron chi connectivity index (χ2n) is 6.16. The Morgan fingerprint density at radius 3 is 1.50 bits per heavy atom. The van der Waals surface area contributed by atoms with E-state index in [0.717, 1.165) is 16.7 Å². The topological polar surface area (TPSA) is 98.0 Å². The zero-order valence-corrected chi connectivity index (χ0v) is 14.8. The molecular weight excluding hydrogens is 356 g/mol. The van der Waals surface area contributed by atoms with Crippen molar-refractivity contribution in [2.24, 2.45) is 0 Å². The number of benzene rings is 3. The van der Waals surface area contributed by atoms with E-state index >= 15 is 0 Å². The highest BCUT2D eigenvalue weighted by atomic mass is 16.4. The average molecular weight is 374 g/mol. The molecule has 3 rings (SSSR count). The maximum absolute atomic E-state index is 11.1. The number of phenolic OH excluding ortho intramolecular Hbond substituents is 2. The fourth-order valence-corrected chi connectivity index (χ4v) is 2.58. The van der Waals surface area contributed by atoms with E-state index in [-0.39, 0.29) is 22.8 Å². The van der Waals surface area contributed by atoms with Crippen LogP contribution in [-0.4, -0.2) is 26.4 Å². The Morgan fingerprint density at radius 2 is 1.00 bits per heavy atom. The van der Waals surface area contributed by atoms with Crippen molar-refractivity contribution in [3.8, 4) is 17.2 Å². The molecule has 0 saturated heterocycles. The highest BCUT2D eigenvalue weighted by molar-refractivity contribution is 5.91. The average Bonchev–Trinajstić information content (AvgIpc) is 2.69. The molecule has 5 nitrogen and oxygen atoms in total. The van der Waals surface area contributed by atoms with Crippen LogP contribution < -0.4 is 0 Å². The quantitative estimate of drug-likeness (QED) is 0.378. The number of carboxylic acids is 1. The number of aromatic carboxylic acids is 1. The van der Waals surface area contributed by atoms with Crippen molar-refractivity contribution in [2.45, 2.75) is 0 Å². The smallest absolute Gasteiger partial charge is 0.339 e. The summed E-state index contributed by atoms with van der Waals surface area (Å²) in [7, 11) is 0. The third kappa shape index (κ3) is 4.59. The number of phenols is 3. The molecule has 0 bridgehead atoms. The lowest BCUT2D eigenvalue weighted by Crippen LogP contribution is -1.96. The zero-order chi connectivity index (χ0) is 20.1. The van der Waals surface area contributed by atoms with E-state index < -0.39 is 5.97 Å². The van der Waals surface area contributed by atoms with Gasteiger partial charge in [0.2, 0.25) is 0 Å². The van der Waals surface area contributed by atoms with Gasteiger partial charge >= 0.3 is 5.97 Å². The first-order valence-electron chi connectivity index (χ1n) is 8.47. The van der Waals surface area contributed by atoms with Crippen LogP contribution in [0, 0.1) is 0 Å². The second kappa shape index (κ2) is 8.14. The molecule has 0 saturated carbocycles. The van der Waals surface area contributed by atoms with Crippen molar-refractivity contribution in [3.05, 3.63) is 88.5 Å². The maximum Gasteiger partial charge on any atom is 0.339 e. The third-order valence-corrected chi connectivity index (χ3v) is 4.12. The van der Waals surface area contributed by atoms with Crippen molar-refractivity contribution in [2.75, 3.05) is 0 Å². The summed E-state index contributed by atoms with van der Waals surface area (Å²) in [6.07, 6.45) is 7.34. The molecule has 140 valence electrons. The van der Waals surface area contributed by atoms with Gasteiger partial charge in [-0.15, -0.1) is 0 Å². The Balaban J connectivity index is 1.71. The molecule has 0 aliphatic carbocycles. The number of carbonyl (C=O) groups is 1. The summed E-state index contributed by atoms with van der Waals surface area (Å²) in [6, 6.07) is 16.7. The van der Waals surface area contributed by atoms with E-state index in [9.17, 15) is 20.1 Å². The highest BCUT2D eigenvalue weighted by Crippen LogP contribution is 2.26. The molecule has 0 aliphatic rings. The molecular formula is C23H18O5. The first-order chi connectivity index (χ1) is 13.4. The van der Waals surface area contributed by atoms with Crippen LogP contribution in [0.25, 0.3) is 24.3 Å². The zero-order valence-electron chi connectivity index (χ0n) is 14.8.